The fraction of sp³-hybridized carbons (Fsp3) is 0.429. The number of aliphatic hydroxyl groups is 1. The van der Waals surface area contributed by atoms with Crippen LogP contribution in [0.2, 0.25) is 0 Å². The Morgan fingerprint density at radius 3 is 2.16 bits per heavy atom. The van der Waals surface area contributed by atoms with E-state index in [1.54, 1.807) is 12.1 Å². The zero-order chi connectivity index (χ0) is 14.3. The third kappa shape index (κ3) is 4.71. The zero-order valence-electron chi connectivity index (χ0n) is 11.1. The average Bonchev–Trinajstić information content (AvgIpc) is 2.42. The fourth-order valence-corrected chi connectivity index (χ4v) is 1.39. The molecule has 0 aliphatic heterocycles. The number of hydrogen-bond donors (Lipinski definition) is 1. The molecule has 1 aromatic rings. The summed E-state index contributed by atoms with van der Waals surface area (Å²) in [5.74, 6) is -1.20. The highest BCUT2D eigenvalue weighted by molar-refractivity contribution is 6.03. The molecule has 0 radical (unpaired) electrons. The minimum Gasteiger partial charge on any atom is -0.462 e. The van der Waals surface area contributed by atoms with Gasteiger partial charge in [0.1, 0.15) is 6.61 Å². The van der Waals surface area contributed by atoms with Crippen LogP contribution in [0.25, 0.3) is 0 Å². The maximum absolute atomic E-state index is 11.8. The molecule has 0 spiro atoms. The smallest absolute Gasteiger partial charge is 0.339 e. The molecule has 0 saturated heterocycles. The van der Waals surface area contributed by atoms with Gasteiger partial charge in [-0.05, 0) is 25.5 Å². The van der Waals surface area contributed by atoms with Gasteiger partial charge in [-0.15, -0.1) is 0 Å². The molecule has 104 valence electrons. The lowest BCUT2D eigenvalue weighted by atomic mass is 10.1. The van der Waals surface area contributed by atoms with Gasteiger partial charge in [-0.25, -0.2) is 9.59 Å². The van der Waals surface area contributed by atoms with Gasteiger partial charge in [-0.3, -0.25) is 0 Å². The molecule has 1 unspecified atom stereocenters. The van der Waals surface area contributed by atoms with Gasteiger partial charge in [-0.1, -0.05) is 19.1 Å². The van der Waals surface area contributed by atoms with Crippen molar-refractivity contribution in [3.8, 4) is 0 Å². The largest absolute Gasteiger partial charge is 0.462 e. The van der Waals surface area contributed by atoms with Crippen LogP contribution in [0.5, 0.6) is 0 Å². The molecule has 5 heteroatoms. The van der Waals surface area contributed by atoms with Crippen LogP contribution in [0.15, 0.2) is 24.3 Å². The van der Waals surface area contributed by atoms with E-state index in [-0.39, 0.29) is 17.7 Å². The van der Waals surface area contributed by atoms with Crippen molar-refractivity contribution in [2.24, 2.45) is 0 Å². The van der Waals surface area contributed by atoms with Crippen molar-refractivity contribution in [3.05, 3.63) is 35.4 Å². The molecular formula is C14H18O5. The monoisotopic (exact) mass is 266 g/mol. The van der Waals surface area contributed by atoms with Crippen LogP contribution in [0.1, 0.15) is 41.0 Å². The van der Waals surface area contributed by atoms with Crippen LogP contribution in [0, 0.1) is 0 Å². The van der Waals surface area contributed by atoms with E-state index in [0.717, 1.165) is 0 Å². The second-order valence-corrected chi connectivity index (χ2v) is 4.13. The van der Waals surface area contributed by atoms with Crippen LogP contribution in [-0.4, -0.2) is 36.4 Å². The van der Waals surface area contributed by atoms with E-state index in [9.17, 15) is 9.59 Å². The third-order valence-corrected chi connectivity index (χ3v) is 2.26. The van der Waals surface area contributed by atoms with Gasteiger partial charge < -0.3 is 14.6 Å². The number of aliphatic hydroxyl groups excluding tert-OH is 1. The average molecular weight is 266 g/mol. The predicted molar refractivity (Wildman–Crippen MR) is 69.0 cm³/mol. The first-order valence-electron chi connectivity index (χ1n) is 6.17. The minimum absolute atomic E-state index is 0.114. The van der Waals surface area contributed by atoms with Crippen molar-refractivity contribution in [2.75, 3.05) is 13.2 Å². The van der Waals surface area contributed by atoms with Crippen molar-refractivity contribution in [1.82, 2.24) is 0 Å². The number of hydrogen-bond acceptors (Lipinski definition) is 5. The van der Waals surface area contributed by atoms with E-state index in [1.807, 2.05) is 6.92 Å². The summed E-state index contributed by atoms with van der Waals surface area (Å²) in [4.78, 5) is 23.6. The van der Waals surface area contributed by atoms with Crippen LogP contribution in [0.4, 0.5) is 0 Å². The second-order valence-electron chi connectivity index (χ2n) is 4.13. The number of rotatable bonds is 6. The summed E-state index contributed by atoms with van der Waals surface area (Å²) in [5, 5.41) is 9.07. The molecule has 0 heterocycles. The standard InChI is InChI=1S/C14H18O5/c1-3-8-18-13(16)11-6-4-5-7-12(11)14(17)19-9-10(2)15/h4-7,10,15H,3,8-9H2,1-2H3. The summed E-state index contributed by atoms with van der Waals surface area (Å²) in [6.45, 7) is 3.58. The van der Waals surface area contributed by atoms with E-state index in [0.29, 0.717) is 13.0 Å². The number of esters is 2. The molecular weight excluding hydrogens is 248 g/mol. The van der Waals surface area contributed by atoms with Gasteiger partial charge in [0.2, 0.25) is 0 Å². The SMILES string of the molecule is CCCOC(=O)c1ccccc1C(=O)OCC(C)O. The summed E-state index contributed by atoms with van der Waals surface area (Å²) >= 11 is 0. The molecule has 5 nitrogen and oxygen atoms in total. The first-order valence-corrected chi connectivity index (χ1v) is 6.17. The molecule has 0 aromatic heterocycles. The predicted octanol–water partition coefficient (Wildman–Crippen LogP) is 1.79. The van der Waals surface area contributed by atoms with E-state index < -0.39 is 18.0 Å². The summed E-state index contributed by atoms with van der Waals surface area (Å²) in [7, 11) is 0. The van der Waals surface area contributed by atoms with Crippen molar-refractivity contribution in [3.63, 3.8) is 0 Å². The summed E-state index contributed by atoms with van der Waals surface area (Å²) in [6, 6.07) is 6.29. The van der Waals surface area contributed by atoms with Crippen molar-refractivity contribution in [1.29, 1.82) is 0 Å². The van der Waals surface area contributed by atoms with Crippen LogP contribution in [0.3, 0.4) is 0 Å². The lowest BCUT2D eigenvalue weighted by molar-refractivity contribution is 0.0288. The third-order valence-electron chi connectivity index (χ3n) is 2.26. The van der Waals surface area contributed by atoms with E-state index in [2.05, 4.69) is 0 Å². The first kappa shape index (κ1) is 15.2. The first-order chi connectivity index (χ1) is 9.06. The number of ether oxygens (including phenoxy) is 2. The second kappa shape index (κ2) is 7.53. The van der Waals surface area contributed by atoms with Gasteiger partial charge >= 0.3 is 11.9 Å². The number of benzene rings is 1. The molecule has 0 saturated carbocycles. The van der Waals surface area contributed by atoms with E-state index in [4.69, 9.17) is 14.6 Å². The Balaban J connectivity index is 2.83. The van der Waals surface area contributed by atoms with Gasteiger partial charge in [-0.2, -0.15) is 0 Å². The molecule has 1 rings (SSSR count). The molecule has 1 aromatic carbocycles. The van der Waals surface area contributed by atoms with E-state index >= 15 is 0 Å². The van der Waals surface area contributed by atoms with Crippen LogP contribution in [-0.2, 0) is 9.47 Å². The highest BCUT2D eigenvalue weighted by atomic mass is 16.5. The Kier molecular flexibility index (Phi) is 6.02. The maximum Gasteiger partial charge on any atom is 0.339 e. The van der Waals surface area contributed by atoms with Gasteiger partial charge in [0.05, 0.1) is 23.8 Å². The maximum atomic E-state index is 11.8. The van der Waals surface area contributed by atoms with Crippen LogP contribution < -0.4 is 0 Å². The molecule has 1 atom stereocenters. The molecule has 0 aliphatic carbocycles. The quantitative estimate of drug-likeness (QED) is 0.795. The molecule has 0 aliphatic rings. The Hall–Kier alpha value is -1.88. The normalized spacial score (nSPS) is 11.7. The molecule has 19 heavy (non-hydrogen) atoms. The van der Waals surface area contributed by atoms with Gasteiger partial charge in [0, 0.05) is 0 Å². The minimum atomic E-state index is -0.747. The number of carbonyl (C=O) groups excluding carboxylic acids is 2. The Morgan fingerprint density at radius 2 is 1.68 bits per heavy atom. The Labute approximate surface area is 112 Å². The molecule has 1 N–H and O–H groups in total. The molecule has 0 fully saturated rings. The zero-order valence-corrected chi connectivity index (χ0v) is 11.1. The lowest BCUT2D eigenvalue weighted by Gasteiger charge is -2.10. The summed E-state index contributed by atoms with van der Waals surface area (Å²) in [6.07, 6.45) is -0.0384. The molecule has 0 bridgehead atoms. The fourth-order valence-electron chi connectivity index (χ4n) is 1.39. The van der Waals surface area contributed by atoms with E-state index in [1.165, 1.54) is 19.1 Å². The topological polar surface area (TPSA) is 72.8 Å². The van der Waals surface area contributed by atoms with Gasteiger partial charge in [0.25, 0.3) is 0 Å². The highest BCUT2D eigenvalue weighted by Gasteiger charge is 2.19. The Bertz CT molecular complexity index is 439. The molecule has 0 amide bonds. The van der Waals surface area contributed by atoms with Crippen LogP contribution >= 0.6 is 0 Å². The summed E-state index contributed by atoms with van der Waals surface area (Å²) in [5.41, 5.74) is 0.316. The lowest BCUT2D eigenvalue weighted by Crippen LogP contribution is -2.18. The highest BCUT2D eigenvalue weighted by Crippen LogP contribution is 2.12. The number of carbonyl (C=O) groups is 2. The van der Waals surface area contributed by atoms with Crippen molar-refractivity contribution >= 4 is 11.9 Å². The van der Waals surface area contributed by atoms with Gasteiger partial charge in [0.15, 0.2) is 0 Å². The van der Waals surface area contributed by atoms with Crippen molar-refractivity contribution < 1.29 is 24.2 Å². The van der Waals surface area contributed by atoms with Crippen molar-refractivity contribution in [2.45, 2.75) is 26.4 Å². The Morgan fingerprint density at radius 1 is 1.16 bits per heavy atom. The summed E-state index contributed by atoms with van der Waals surface area (Å²) < 4.78 is 9.89.